The molecule has 0 nitrogen and oxygen atoms in total. The van der Waals surface area contributed by atoms with Crippen molar-refractivity contribution in [2.45, 2.75) is 23.8 Å². The van der Waals surface area contributed by atoms with Gasteiger partial charge in [-0.25, -0.2) is 0 Å². The molecule has 0 aliphatic carbocycles. The standard InChI is InChI=1S/C2H5.2CH3.Al.H/c1-2;;;;/h1H2,2H3;2*1H3;;/q;;;;-1. The van der Waals surface area contributed by atoms with Crippen molar-refractivity contribution in [3.8, 4) is 0 Å². The van der Waals surface area contributed by atoms with Crippen LogP contribution >= 0.6 is 0 Å². The maximum Gasteiger partial charge on any atom is 0.254 e. The predicted octanol–water partition coefficient (Wildman–Crippen LogP) is 1.87. The average Bonchev–Trinajstić information content (AvgIpc) is 1.38. The molecule has 0 aromatic carbocycles. The molecule has 32 valence electrons. The van der Waals surface area contributed by atoms with Crippen LogP contribution in [0.15, 0.2) is 0 Å². The third-order valence-electron chi connectivity index (χ3n) is 0.816. The summed E-state index contributed by atoms with van der Waals surface area (Å²) in [6, 6.07) is 0. The van der Waals surface area contributed by atoms with Crippen molar-refractivity contribution in [2.24, 2.45) is 0 Å². The highest BCUT2D eigenvalue weighted by Gasteiger charge is 1.91. The average molecular weight is 87.1 g/mol. The molecule has 0 aliphatic heterocycles. The molecule has 0 radical (unpaired) electrons. The van der Waals surface area contributed by atoms with Gasteiger partial charge in [0.05, 0.1) is 0 Å². The summed E-state index contributed by atoms with van der Waals surface area (Å²) in [5.74, 6) is 4.72. The molecule has 0 rings (SSSR count). The zero-order valence-electron chi connectivity index (χ0n) is 5.28. The van der Waals surface area contributed by atoms with Crippen LogP contribution in [0.5, 0.6) is 0 Å². The Hall–Kier alpha value is 0.532. The first-order chi connectivity index (χ1) is 2.27. The summed E-state index contributed by atoms with van der Waals surface area (Å²) in [7, 11) is 0. The van der Waals surface area contributed by atoms with Crippen LogP contribution in [0.4, 0.5) is 0 Å². The van der Waals surface area contributed by atoms with E-state index in [1.165, 1.54) is 5.28 Å². The van der Waals surface area contributed by atoms with E-state index in [-0.39, 0.29) is 15.6 Å². The van der Waals surface area contributed by atoms with Gasteiger partial charge in [0.2, 0.25) is 0 Å². The van der Waals surface area contributed by atoms with Crippen molar-refractivity contribution < 1.29 is 1.43 Å². The van der Waals surface area contributed by atoms with E-state index >= 15 is 0 Å². The predicted molar refractivity (Wildman–Crippen MR) is 29.1 cm³/mol. The number of hydrogen-bond donors (Lipinski definition) is 0. The van der Waals surface area contributed by atoms with Crippen molar-refractivity contribution in [2.75, 3.05) is 0 Å². The Labute approximate surface area is 40.1 Å². The van der Waals surface area contributed by atoms with Crippen LogP contribution in [0.3, 0.4) is 0 Å². The van der Waals surface area contributed by atoms with Gasteiger partial charge in [-0.05, 0) is 0 Å². The summed E-state index contributed by atoms with van der Waals surface area (Å²) in [5.41, 5.74) is 0. The Morgan fingerprint density at radius 3 is 1.80 bits per heavy atom. The summed E-state index contributed by atoms with van der Waals surface area (Å²) in [6.45, 7) is 2.26. The Morgan fingerprint density at radius 1 is 1.60 bits per heavy atom. The van der Waals surface area contributed by atoms with Crippen LogP contribution < -0.4 is 0 Å². The highest BCUT2D eigenvalue weighted by molar-refractivity contribution is 6.55. The van der Waals surface area contributed by atoms with Crippen molar-refractivity contribution in [1.82, 2.24) is 0 Å². The van der Waals surface area contributed by atoms with Crippen LogP contribution in [0.1, 0.15) is 8.35 Å². The second-order valence-electron chi connectivity index (χ2n) is 1.80. The Balaban J connectivity index is 0. The van der Waals surface area contributed by atoms with Gasteiger partial charge in [0.1, 0.15) is 0 Å². The van der Waals surface area contributed by atoms with E-state index in [9.17, 15) is 0 Å². The molecule has 0 unspecified atom stereocenters. The van der Waals surface area contributed by atoms with Crippen LogP contribution in [0, 0.1) is 0 Å². The first kappa shape index (κ1) is 5.53. The normalized spacial score (nSPS) is 7.80. The highest BCUT2D eigenvalue weighted by Crippen LogP contribution is 1.83. The summed E-state index contributed by atoms with van der Waals surface area (Å²) < 4.78 is 0. The van der Waals surface area contributed by atoms with Gasteiger partial charge in [-0.3, -0.25) is 0 Å². The molecular formula is C4H12Al-. The van der Waals surface area contributed by atoms with Crippen molar-refractivity contribution in [1.29, 1.82) is 0 Å². The lowest BCUT2D eigenvalue weighted by atomic mass is 11.0. The lowest BCUT2D eigenvalue weighted by Crippen LogP contribution is -1.92. The summed E-state index contributed by atoms with van der Waals surface area (Å²) in [4.78, 5) is 0. The van der Waals surface area contributed by atoms with Gasteiger partial charge in [-0.15, -0.1) is 11.6 Å². The third-order valence-corrected chi connectivity index (χ3v) is 2.45. The minimum absolute atomic E-state index is 0. The third kappa shape index (κ3) is 4.53. The molecule has 0 fully saturated rings. The van der Waals surface area contributed by atoms with Crippen molar-refractivity contribution in [3.05, 3.63) is 0 Å². The molecule has 0 heterocycles. The first-order valence-corrected chi connectivity index (χ1v) is 5.40. The SMILES string of the molecule is C[CH2][Al]([CH3])[CH3].[H-]. The molecular weight excluding hydrogens is 75.0 g/mol. The zero-order chi connectivity index (χ0) is 4.28. The Bertz CT molecular complexity index is 21.5. The fraction of sp³-hybridized carbons (Fsp3) is 1.00. The molecule has 0 aromatic heterocycles. The van der Waals surface area contributed by atoms with E-state index < -0.39 is 0 Å². The minimum Gasteiger partial charge on any atom is -1.00 e. The fourth-order valence-corrected chi connectivity index (χ4v) is 0. The number of hydrogen-bond acceptors (Lipinski definition) is 0. The topological polar surface area (TPSA) is 0 Å². The van der Waals surface area contributed by atoms with E-state index in [1.54, 1.807) is 0 Å². The lowest BCUT2D eigenvalue weighted by molar-refractivity contribution is 1.41. The van der Waals surface area contributed by atoms with Gasteiger partial charge < -0.3 is 1.43 Å². The Kier molecular flexibility index (Phi) is 3.05. The summed E-state index contributed by atoms with van der Waals surface area (Å²) in [6.07, 6.45) is 0. The van der Waals surface area contributed by atoms with Gasteiger partial charge in [-0.2, -0.15) is 0 Å². The Morgan fingerprint density at radius 2 is 1.80 bits per heavy atom. The van der Waals surface area contributed by atoms with Gasteiger partial charge >= 0.3 is 0 Å². The quantitative estimate of drug-likeness (QED) is 0.428. The molecule has 0 aliphatic rings. The summed E-state index contributed by atoms with van der Waals surface area (Å²) in [5, 5.41) is 1.44. The molecule has 0 saturated heterocycles. The van der Waals surface area contributed by atoms with Crippen LogP contribution in [0.2, 0.25) is 16.9 Å². The van der Waals surface area contributed by atoms with E-state index in [2.05, 4.69) is 18.5 Å². The second kappa shape index (κ2) is 2.75. The smallest absolute Gasteiger partial charge is 0.254 e. The molecule has 0 aromatic rings. The van der Waals surface area contributed by atoms with Gasteiger partial charge in [0.25, 0.3) is 14.1 Å². The van der Waals surface area contributed by atoms with Crippen LogP contribution in [0.25, 0.3) is 0 Å². The van der Waals surface area contributed by atoms with E-state index in [0.29, 0.717) is 0 Å². The molecule has 0 saturated carbocycles. The van der Waals surface area contributed by atoms with Crippen LogP contribution in [-0.4, -0.2) is 14.1 Å². The lowest BCUT2D eigenvalue weighted by Gasteiger charge is -1.81. The maximum absolute atomic E-state index is 2.36. The minimum atomic E-state index is -0.150. The highest BCUT2D eigenvalue weighted by atomic mass is 27.2. The van der Waals surface area contributed by atoms with Gasteiger partial charge in [-0.1, -0.05) is 12.2 Å². The maximum atomic E-state index is 2.36. The molecule has 1 heteroatoms. The van der Waals surface area contributed by atoms with Gasteiger partial charge in [0, 0.05) is 0 Å². The largest absolute Gasteiger partial charge is 1.00 e. The monoisotopic (exact) mass is 87.1 g/mol. The van der Waals surface area contributed by atoms with Gasteiger partial charge in [0.15, 0.2) is 0 Å². The first-order valence-electron chi connectivity index (χ1n) is 2.27. The number of rotatable bonds is 1. The zero-order valence-corrected chi connectivity index (χ0v) is 5.44. The molecule has 0 spiro atoms. The molecule has 0 amide bonds. The second-order valence-corrected chi connectivity index (χ2v) is 5.41. The van der Waals surface area contributed by atoms with E-state index in [4.69, 9.17) is 0 Å². The fourth-order valence-electron chi connectivity index (χ4n) is 0. The molecule has 5 heavy (non-hydrogen) atoms. The molecule has 0 bridgehead atoms. The van der Waals surface area contributed by atoms with Crippen LogP contribution in [-0.2, 0) is 0 Å². The van der Waals surface area contributed by atoms with Crippen molar-refractivity contribution >= 4 is 14.1 Å². The molecule has 0 N–H and O–H groups in total. The van der Waals surface area contributed by atoms with E-state index in [0.717, 1.165) is 0 Å². The van der Waals surface area contributed by atoms with Crippen molar-refractivity contribution in [3.63, 3.8) is 0 Å². The summed E-state index contributed by atoms with van der Waals surface area (Å²) >= 11 is -0.150. The van der Waals surface area contributed by atoms with E-state index in [1.807, 2.05) is 0 Å². The molecule has 0 atom stereocenters.